The van der Waals surface area contributed by atoms with E-state index in [0.717, 1.165) is 0 Å². The molecule has 0 N–H and O–H groups in total. The molecule has 0 atom stereocenters. The van der Waals surface area contributed by atoms with E-state index < -0.39 is 0 Å². The van der Waals surface area contributed by atoms with Gasteiger partial charge in [-0.15, -0.1) is 0 Å². The highest BCUT2D eigenvalue weighted by Crippen LogP contribution is 2.38. The van der Waals surface area contributed by atoms with Gasteiger partial charge in [0.05, 0.1) is 0 Å². The van der Waals surface area contributed by atoms with Crippen LogP contribution in [0.1, 0.15) is 46.7 Å². The average Bonchev–Trinajstić information content (AvgIpc) is 2.79. The maximum Gasteiger partial charge on any atom is -0.00578 e. The van der Waals surface area contributed by atoms with E-state index in [1.807, 2.05) is 0 Å². The molecule has 0 radical (unpaired) electrons. The molecule has 0 nitrogen and oxygen atoms in total. The summed E-state index contributed by atoms with van der Waals surface area (Å²) in [4.78, 5) is 0. The highest BCUT2D eigenvalue weighted by atomic mass is 14.3. The number of benzene rings is 1. The van der Waals surface area contributed by atoms with E-state index in [0.29, 0.717) is 0 Å². The average molecular weight is 198 g/mol. The van der Waals surface area contributed by atoms with Crippen molar-refractivity contribution in [2.45, 2.75) is 46.5 Å². The predicted octanol–water partition coefficient (Wildman–Crippen LogP) is 3.75. The lowest BCUT2D eigenvalue weighted by Gasteiger charge is -2.14. The summed E-state index contributed by atoms with van der Waals surface area (Å²) in [6.07, 6.45) is 7.57. The van der Waals surface area contributed by atoms with Crippen LogP contribution < -0.4 is 0 Å². The van der Waals surface area contributed by atoms with Crippen molar-refractivity contribution < 1.29 is 0 Å². The molecule has 0 spiro atoms. The standard InChI is InChI=1S/C15H18/c1-9-7-14-10(2)12-5-4-6-13(12)11(3)15(14)8-9/h7H,4-6,8H2,1-3H3. The van der Waals surface area contributed by atoms with Crippen molar-refractivity contribution in [2.24, 2.45) is 0 Å². The van der Waals surface area contributed by atoms with Crippen LogP contribution in [0.4, 0.5) is 0 Å². The van der Waals surface area contributed by atoms with Gasteiger partial charge in [0.2, 0.25) is 0 Å². The Bertz CT molecular complexity index is 476. The molecule has 2 aliphatic rings. The quantitative estimate of drug-likeness (QED) is 0.595. The van der Waals surface area contributed by atoms with Crippen molar-refractivity contribution in [1.82, 2.24) is 0 Å². The van der Waals surface area contributed by atoms with Crippen LogP contribution in [-0.2, 0) is 19.3 Å². The second kappa shape index (κ2) is 2.98. The smallest absolute Gasteiger partial charge is 0.00578 e. The second-order valence-electron chi connectivity index (χ2n) is 5.12. The summed E-state index contributed by atoms with van der Waals surface area (Å²) < 4.78 is 0. The van der Waals surface area contributed by atoms with Crippen LogP contribution in [0, 0.1) is 13.8 Å². The van der Waals surface area contributed by atoms with Gasteiger partial charge in [0.25, 0.3) is 0 Å². The molecule has 15 heavy (non-hydrogen) atoms. The molecule has 0 aliphatic heterocycles. The zero-order chi connectivity index (χ0) is 10.6. The lowest BCUT2D eigenvalue weighted by Crippen LogP contribution is -2.00. The number of hydrogen-bond acceptors (Lipinski definition) is 0. The Hall–Kier alpha value is -1.04. The fourth-order valence-electron chi connectivity index (χ4n) is 3.34. The van der Waals surface area contributed by atoms with Crippen molar-refractivity contribution in [3.63, 3.8) is 0 Å². The lowest BCUT2D eigenvalue weighted by atomic mass is 9.90. The molecular weight excluding hydrogens is 180 g/mol. The Balaban J connectivity index is 2.33. The molecule has 1 aromatic carbocycles. The number of fused-ring (bicyclic) bond motifs is 2. The van der Waals surface area contributed by atoms with Crippen LogP contribution in [-0.4, -0.2) is 0 Å². The third kappa shape index (κ3) is 1.14. The fraction of sp³-hybridized carbons (Fsp3) is 0.467. The Kier molecular flexibility index (Phi) is 1.83. The van der Waals surface area contributed by atoms with Crippen molar-refractivity contribution in [2.75, 3.05) is 0 Å². The van der Waals surface area contributed by atoms with Crippen molar-refractivity contribution in [3.05, 3.63) is 39.0 Å². The molecule has 0 saturated heterocycles. The van der Waals surface area contributed by atoms with Gasteiger partial charge >= 0.3 is 0 Å². The summed E-state index contributed by atoms with van der Waals surface area (Å²) in [5.41, 5.74) is 11.2. The summed E-state index contributed by atoms with van der Waals surface area (Å²) in [6.45, 7) is 6.90. The molecule has 0 fully saturated rings. The van der Waals surface area contributed by atoms with E-state index >= 15 is 0 Å². The molecule has 0 heteroatoms. The molecular formula is C15H18. The van der Waals surface area contributed by atoms with E-state index in [-0.39, 0.29) is 0 Å². The summed E-state index contributed by atoms with van der Waals surface area (Å²) in [7, 11) is 0. The molecule has 1 aromatic rings. The Morgan fingerprint density at radius 2 is 1.53 bits per heavy atom. The molecule has 0 aromatic heterocycles. The first-order valence-electron chi connectivity index (χ1n) is 5.99. The van der Waals surface area contributed by atoms with E-state index in [1.54, 1.807) is 33.4 Å². The van der Waals surface area contributed by atoms with E-state index in [9.17, 15) is 0 Å². The SMILES string of the molecule is CC1=Cc2c(C)c3c(c(C)c2C1)CCC3. The van der Waals surface area contributed by atoms with Gasteiger partial charge in [-0.05, 0) is 79.8 Å². The Morgan fingerprint density at radius 3 is 2.27 bits per heavy atom. The van der Waals surface area contributed by atoms with Crippen molar-refractivity contribution >= 4 is 6.08 Å². The van der Waals surface area contributed by atoms with Gasteiger partial charge in [0, 0.05) is 0 Å². The van der Waals surface area contributed by atoms with Gasteiger partial charge in [-0.2, -0.15) is 0 Å². The lowest BCUT2D eigenvalue weighted by molar-refractivity contribution is 0.906. The van der Waals surface area contributed by atoms with Crippen LogP contribution in [0.2, 0.25) is 0 Å². The Morgan fingerprint density at radius 1 is 0.867 bits per heavy atom. The molecule has 0 amide bonds. The minimum Gasteiger partial charge on any atom is -0.0683 e. The van der Waals surface area contributed by atoms with Crippen LogP contribution >= 0.6 is 0 Å². The van der Waals surface area contributed by atoms with E-state index in [1.165, 1.54) is 31.3 Å². The van der Waals surface area contributed by atoms with Gasteiger partial charge in [0.15, 0.2) is 0 Å². The highest BCUT2D eigenvalue weighted by molar-refractivity contribution is 5.71. The maximum absolute atomic E-state index is 2.40. The molecule has 0 heterocycles. The summed E-state index contributed by atoms with van der Waals surface area (Å²) in [5, 5.41) is 0. The monoisotopic (exact) mass is 198 g/mol. The summed E-state index contributed by atoms with van der Waals surface area (Å²) in [5.74, 6) is 0. The number of allylic oxidation sites excluding steroid dienone is 1. The molecule has 0 saturated carbocycles. The maximum atomic E-state index is 2.40. The first-order valence-corrected chi connectivity index (χ1v) is 5.99. The van der Waals surface area contributed by atoms with Gasteiger partial charge in [-0.1, -0.05) is 11.6 Å². The fourth-order valence-corrected chi connectivity index (χ4v) is 3.34. The van der Waals surface area contributed by atoms with Gasteiger partial charge in [-0.3, -0.25) is 0 Å². The van der Waals surface area contributed by atoms with E-state index in [4.69, 9.17) is 0 Å². The van der Waals surface area contributed by atoms with E-state index in [2.05, 4.69) is 26.8 Å². The van der Waals surface area contributed by atoms with Crippen molar-refractivity contribution in [1.29, 1.82) is 0 Å². The van der Waals surface area contributed by atoms with Crippen LogP contribution in [0.3, 0.4) is 0 Å². The van der Waals surface area contributed by atoms with Crippen LogP contribution in [0.15, 0.2) is 5.57 Å². The molecule has 78 valence electrons. The highest BCUT2D eigenvalue weighted by Gasteiger charge is 2.23. The molecule has 0 unspecified atom stereocenters. The van der Waals surface area contributed by atoms with Crippen molar-refractivity contribution in [3.8, 4) is 0 Å². The largest absolute Gasteiger partial charge is 0.0683 e. The number of rotatable bonds is 0. The first kappa shape index (κ1) is 9.21. The molecule has 3 rings (SSSR count). The number of hydrogen-bond donors (Lipinski definition) is 0. The second-order valence-corrected chi connectivity index (χ2v) is 5.12. The topological polar surface area (TPSA) is 0 Å². The summed E-state index contributed by atoms with van der Waals surface area (Å²) >= 11 is 0. The minimum atomic E-state index is 1.19. The predicted molar refractivity (Wildman–Crippen MR) is 65.3 cm³/mol. The van der Waals surface area contributed by atoms with Crippen LogP contribution in [0.5, 0.6) is 0 Å². The third-order valence-corrected chi connectivity index (χ3v) is 4.15. The molecule has 2 aliphatic carbocycles. The zero-order valence-electron chi connectivity index (χ0n) is 9.91. The minimum absolute atomic E-state index is 1.19. The van der Waals surface area contributed by atoms with Gasteiger partial charge in [0.1, 0.15) is 0 Å². The molecule has 0 bridgehead atoms. The van der Waals surface area contributed by atoms with Gasteiger partial charge in [-0.25, -0.2) is 0 Å². The zero-order valence-corrected chi connectivity index (χ0v) is 9.91. The Labute approximate surface area is 92.0 Å². The van der Waals surface area contributed by atoms with Gasteiger partial charge < -0.3 is 0 Å². The normalized spacial score (nSPS) is 17.7. The van der Waals surface area contributed by atoms with Crippen LogP contribution in [0.25, 0.3) is 6.08 Å². The first-order chi connectivity index (χ1) is 7.18. The third-order valence-electron chi connectivity index (χ3n) is 4.15. The summed E-state index contributed by atoms with van der Waals surface area (Å²) in [6, 6.07) is 0.